The lowest BCUT2D eigenvalue weighted by atomic mass is 10.0. The van der Waals surface area contributed by atoms with E-state index >= 15 is 0 Å². The molecule has 2 aliphatic carbocycles. The summed E-state index contributed by atoms with van der Waals surface area (Å²) < 4.78 is 0. The molecular weight excluding hydrogens is 418 g/mol. The van der Waals surface area contributed by atoms with Gasteiger partial charge in [0.2, 0.25) is 0 Å². The number of benzene rings is 1. The van der Waals surface area contributed by atoms with E-state index in [1.165, 1.54) is 64.2 Å². The highest BCUT2D eigenvalue weighted by Crippen LogP contribution is 2.38. The number of H-pyrrole nitrogens is 1. The first-order valence-electron chi connectivity index (χ1n) is 11.3. The van der Waals surface area contributed by atoms with Gasteiger partial charge in [-0.1, -0.05) is 63.5 Å². The van der Waals surface area contributed by atoms with Gasteiger partial charge < -0.3 is 4.98 Å². The van der Waals surface area contributed by atoms with Crippen LogP contribution >= 0.6 is 36.0 Å². The highest BCUT2D eigenvalue weighted by molar-refractivity contribution is 8.00. The zero-order valence-electron chi connectivity index (χ0n) is 17.5. The first-order chi connectivity index (χ1) is 14.1. The van der Waals surface area contributed by atoms with Crippen LogP contribution in [0.15, 0.2) is 27.9 Å². The molecule has 0 unspecified atom stereocenters. The van der Waals surface area contributed by atoms with E-state index in [2.05, 4.69) is 24.5 Å². The van der Waals surface area contributed by atoms with Gasteiger partial charge in [-0.25, -0.2) is 0 Å². The molecule has 0 amide bonds. The second kappa shape index (κ2) is 11.7. The van der Waals surface area contributed by atoms with E-state index in [0.29, 0.717) is 5.25 Å². The van der Waals surface area contributed by atoms with Crippen molar-refractivity contribution < 1.29 is 0 Å². The number of aromatic amines is 1. The molecule has 0 radical (unpaired) electrons. The molecule has 1 N–H and O–H groups in total. The molecule has 2 fully saturated rings. The summed E-state index contributed by atoms with van der Waals surface area (Å²) in [5.41, 5.74) is 1.90. The fourth-order valence-corrected chi connectivity index (χ4v) is 6.39. The smallest absolute Gasteiger partial charge is 0.252 e. The van der Waals surface area contributed by atoms with E-state index in [1.807, 2.05) is 30.0 Å². The molecule has 5 heteroatoms. The van der Waals surface area contributed by atoms with Crippen molar-refractivity contribution in [3.63, 3.8) is 0 Å². The Morgan fingerprint density at radius 3 is 2.31 bits per heavy atom. The number of fused-ring (bicyclic) bond motifs is 1. The summed E-state index contributed by atoms with van der Waals surface area (Å²) in [4.78, 5) is 16.7. The molecule has 1 aromatic heterocycles. The fraction of sp³-hybridized carbons (Fsp3) is 0.625. The number of hydrogen-bond donors (Lipinski definition) is 2. The normalized spacial score (nSPS) is 18.4. The van der Waals surface area contributed by atoms with Crippen LogP contribution in [-0.2, 0) is 6.42 Å². The number of pyridine rings is 1. The molecule has 0 saturated heterocycles. The minimum absolute atomic E-state index is 0.0648. The van der Waals surface area contributed by atoms with Crippen LogP contribution in [0.25, 0.3) is 10.9 Å². The Morgan fingerprint density at radius 1 is 1.07 bits per heavy atom. The van der Waals surface area contributed by atoms with Gasteiger partial charge >= 0.3 is 0 Å². The van der Waals surface area contributed by atoms with Crippen molar-refractivity contribution in [2.24, 2.45) is 0 Å². The van der Waals surface area contributed by atoms with Gasteiger partial charge in [0.15, 0.2) is 0 Å². The number of nitrogens with one attached hydrogen (secondary N) is 1. The molecule has 4 rings (SSSR count). The quantitative estimate of drug-likeness (QED) is 0.464. The second-order valence-corrected chi connectivity index (χ2v) is 10.8. The summed E-state index contributed by atoms with van der Waals surface area (Å²) in [6.07, 6.45) is 15.2. The number of thioether (sulfide) groups is 1. The van der Waals surface area contributed by atoms with E-state index in [1.54, 1.807) is 0 Å². The molecule has 0 spiro atoms. The van der Waals surface area contributed by atoms with E-state index in [4.69, 9.17) is 11.6 Å². The molecule has 0 aliphatic heterocycles. The van der Waals surface area contributed by atoms with E-state index in [-0.39, 0.29) is 5.56 Å². The van der Waals surface area contributed by atoms with Gasteiger partial charge in [0.05, 0.1) is 0 Å². The molecular formula is C24H34ClNOS2. The average molecular weight is 452 g/mol. The number of hydrogen-bond acceptors (Lipinski definition) is 3. The first-order valence-corrected chi connectivity index (χ1v) is 13.0. The monoisotopic (exact) mass is 451 g/mol. The third-order valence-electron chi connectivity index (χ3n) is 5.93. The van der Waals surface area contributed by atoms with Crippen LogP contribution in [0.4, 0.5) is 0 Å². The van der Waals surface area contributed by atoms with Crippen molar-refractivity contribution >= 4 is 46.9 Å². The largest absolute Gasteiger partial charge is 0.322 e. The lowest BCUT2D eigenvalue weighted by Crippen LogP contribution is -2.16. The highest BCUT2D eigenvalue weighted by atomic mass is 35.5. The topological polar surface area (TPSA) is 32.9 Å². The van der Waals surface area contributed by atoms with Crippen molar-refractivity contribution in [2.45, 2.75) is 99.4 Å². The van der Waals surface area contributed by atoms with Crippen LogP contribution in [-0.4, -0.2) is 15.5 Å². The van der Waals surface area contributed by atoms with Crippen LogP contribution in [0.5, 0.6) is 0 Å². The van der Waals surface area contributed by atoms with Crippen LogP contribution in [0.1, 0.15) is 83.1 Å². The molecule has 2 saturated carbocycles. The maximum absolute atomic E-state index is 12.5. The third-order valence-corrected chi connectivity index (χ3v) is 8.19. The minimum atomic E-state index is 0.0648. The van der Waals surface area contributed by atoms with Crippen LogP contribution < -0.4 is 5.56 Å². The Morgan fingerprint density at radius 2 is 1.72 bits per heavy atom. The predicted octanol–water partition coefficient (Wildman–Crippen LogP) is 7.81. The number of rotatable bonds is 4. The zero-order valence-corrected chi connectivity index (χ0v) is 20.0. The number of aromatic nitrogens is 1. The third kappa shape index (κ3) is 6.70. The van der Waals surface area contributed by atoms with Gasteiger partial charge in [-0.15, -0.1) is 11.8 Å². The molecule has 29 heavy (non-hydrogen) atoms. The standard InChI is InChI=1S/C18H22ClNOS.C6H12S/c1-2-6-14-17(22-13-7-4-3-5-8-13)15-11-12(19)9-10-16(15)20-18(14)21;7-6-4-2-1-3-5-6/h9-11,13H,2-8H2,1H3,(H,20,21);6-7H,1-5H2. The van der Waals surface area contributed by atoms with E-state index < -0.39 is 0 Å². The number of thiol groups is 1. The van der Waals surface area contributed by atoms with Crippen LogP contribution in [0.3, 0.4) is 0 Å². The maximum atomic E-state index is 12.5. The van der Waals surface area contributed by atoms with Crippen molar-refractivity contribution in [2.75, 3.05) is 0 Å². The van der Waals surface area contributed by atoms with Gasteiger partial charge in [-0.05, 0) is 50.3 Å². The van der Waals surface area contributed by atoms with E-state index in [0.717, 1.165) is 44.5 Å². The van der Waals surface area contributed by atoms with Crippen molar-refractivity contribution in [1.82, 2.24) is 4.98 Å². The Balaban J connectivity index is 0.000000290. The molecule has 0 bridgehead atoms. The van der Waals surface area contributed by atoms with Gasteiger partial charge in [0, 0.05) is 36.9 Å². The molecule has 1 aromatic carbocycles. The predicted molar refractivity (Wildman–Crippen MR) is 132 cm³/mol. The summed E-state index contributed by atoms with van der Waals surface area (Å²) in [5.74, 6) is 0. The summed E-state index contributed by atoms with van der Waals surface area (Å²) in [7, 11) is 0. The maximum Gasteiger partial charge on any atom is 0.252 e. The van der Waals surface area contributed by atoms with Crippen molar-refractivity contribution in [1.29, 1.82) is 0 Å². The van der Waals surface area contributed by atoms with Gasteiger partial charge in [-0.2, -0.15) is 12.6 Å². The molecule has 160 valence electrons. The molecule has 1 heterocycles. The minimum Gasteiger partial charge on any atom is -0.322 e. The van der Waals surface area contributed by atoms with Gasteiger partial charge in [-0.3, -0.25) is 4.79 Å². The summed E-state index contributed by atoms with van der Waals surface area (Å²) in [6.45, 7) is 2.12. The van der Waals surface area contributed by atoms with E-state index in [9.17, 15) is 4.79 Å². The summed E-state index contributed by atoms with van der Waals surface area (Å²) in [5, 5.41) is 3.20. The Bertz CT molecular complexity index is 839. The molecule has 2 nitrogen and oxygen atoms in total. The SMILES string of the molecule is CCCc1c(SC2CCCCC2)c2cc(Cl)ccc2[nH]c1=O.SC1CCCCC1. The lowest BCUT2D eigenvalue weighted by molar-refractivity contribution is 0.516. The summed E-state index contributed by atoms with van der Waals surface area (Å²) >= 11 is 12.5. The Hall–Kier alpha value is -0.580. The summed E-state index contributed by atoms with van der Waals surface area (Å²) in [6, 6.07) is 5.76. The Kier molecular flexibility index (Phi) is 9.33. The van der Waals surface area contributed by atoms with Crippen LogP contribution in [0.2, 0.25) is 5.02 Å². The average Bonchev–Trinajstić information content (AvgIpc) is 2.73. The number of halogens is 1. The van der Waals surface area contributed by atoms with Crippen molar-refractivity contribution in [3.05, 3.63) is 39.1 Å². The molecule has 0 atom stereocenters. The second-order valence-electron chi connectivity index (χ2n) is 8.37. The lowest BCUT2D eigenvalue weighted by Gasteiger charge is -2.23. The first kappa shape index (κ1) is 23.1. The molecule has 2 aromatic rings. The Labute approximate surface area is 190 Å². The highest BCUT2D eigenvalue weighted by Gasteiger charge is 2.20. The zero-order chi connectivity index (χ0) is 20.6. The molecule has 2 aliphatic rings. The van der Waals surface area contributed by atoms with Gasteiger partial charge in [0.1, 0.15) is 0 Å². The fourth-order valence-electron chi connectivity index (χ4n) is 4.32. The van der Waals surface area contributed by atoms with Crippen LogP contribution in [0, 0.1) is 0 Å². The van der Waals surface area contributed by atoms with Gasteiger partial charge in [0.25, 0.3) is 5.56 Å². The van der Waals surface area contributed by atoms with Crippen molar-refractivity contribution in [3.8, 4) is 0 Å².